The number of carboxylic acids is 2. The Morgan fingerprint density at radius 2 is 1.69 bits per heavy atom. The molecule has 0 saturated carbocycles. The Hall–Kier alpha value is -5.55. The predicted molar refractivity (Wildman–Crippen MR) is 226 cm³/mol. The van der Waals surface area contributed by atoms with Gasteiger partial charge in [-0.05, 0) is 60.5 Å². The lowest BCUT2D eigenvalue weighted by Gasteiger charge is -2.21. The van der Waals surface area contributed by atoms with E-state index in [0.29, 0.717) is 21.2 Å². The Kier molecular flexibility index (Phi) is 12.4. The van der Waals surface area contributed by atoms with E-state index in [-0.39, 0.29) is 50.8 Å². The van der Waals surface area contributed by atoms with Gasteiger partial charge in [0.05, 0.1) is 50.5 Å². The molecule has 1 amide bonds. The molecule has 1 atom stereocenters. The van der Waals surface area contributed by atoms with Crippen LogP contribution in [-0.4, -0.2) is 109 Å². The van der Waals surface area contributed by atoms with E-state index >= 15 is 0 Å². The van der Waals surface area contributed by atoms with Crippen molar-refractivity contribution in [3.63, 3.8) is 0 Å². The third-order valence-electron chi connectivity index (χ3n) is 10.0. The van der Waals surface area contributed by atoms with E-state index in [0.717, 1.165) is 15.2 Å². The van der Waals surface area contributed by atoms with E-state index in [4.69, 9.17) is 33.0 Å². The van der Waals surface area contributed by atoms with Crippen molar-refractivity contribution in [3.8, 4) is 5.75 Å². The molecule has 0 aliphatic carbocycles. The van der Waals surface area contributed by atoms with Gasteiger partial charge in [-0.3, -0.25) is 38.0 Å². The molecule has 2 saturated heterocycles. The second kappa shape index (κ2) is 17.1. The van der Waals surface area contributed by atoms with Crippen molar-refractivity contribution in [2.45, 2.75) is 43.9 Å². The molecule has 2 N–H and O–H groups in total. The molecule has 28 heteroatoms. The highest BCUT2D eigenvalue weighted by Crippen LogP contribution is 2.42. The average Bonchev–Trinajstić information content (AvgIpc) is 3.95. The molecule has 0 radical (unpaired) electrons. The number of hydrogen-bond donors (Lipinski definition) is 2. The molecule has 22 nitrogen and oxygen atoms in total. The number of imidazole rings is 1. The Morgan fingerprint density at radius 1 is 1.00 bits per heavy atom. The van der Waals surface area contributed by atoms with Crippen molar-refractivity contribution in [1.29, 1.82) is 0 Å². The number of carboxylic acid groups (broad SMARTS) is 2. The van der Waals surface area contributed by atoms with Crippen LogP contribution >= 0.6 is 35.6 Å². The molecular formula is C36H30ClN5O17S5-2. The van der Waals surface area contributed by atoms with Gasteiger partial charge in [-0.15, -0.1) is 0 Å². The van der Waals surface area contributed by atoms with Gasteiger partial charge in [-0.1, -0.05) is 42.0 Å². The minimum atomic E-state index is -5.08. The number of thiocarbonyl (C=S) groups is 1. The number of sulfone groups is 1. The molecule has 2 fully saturated rings. The first kappa shape index (κ1) is 46.4. The van der Waals surface area contributed by atoms with Crippen molar-refractivity contribution in [3.05, 3.63) is 108 Å². The van der Waals surface area contributed by atoms with Gasteiger partial charge in [0.15, 0.2) is 21.1 Å². The fourth-order valence-corrected chi connectivity index (χ4v) is 11.6. The third kappa shape index (κ3) is 9.19. The van der Waals surface area contributed by atoms with Crippen LogP contribution in [0.5, 0.6) is 5.75 Å². The van der Waals surface area contributed by atoms with Crippen LogP contribution < -0.4 is 31.7 Å². The van der Waals surface area contributed by atoms with Crippen molar-refractivity contribution in [2.75, 3.05) is 28.7 Å². The van der Waals surface area contributed by atoms with Crippen LogP contribution in [0.2, 0.25) is 5.02 Å². The van der Waals surface area contributed by atoms with Crippen molar-refractivity contribution >= 4 is 104 Å². The number of fused-ring (bicyclic) bond motifs is 1. The maximum atomic E-state index is 14.8. The molecule has 0 bridgehead atoms. The first-order chi connectivity index (χ1) is 29.8. The van der Waals surface area contributed by atoms with Gasteiger partial charge in [-0.25, -0.2) is 25.3 Å². The second-order valence-corrected chi connectivity index (χ2v) is 21.5. The van der Waals surface area contributed by atoms with E-state index in [9.17, 15) is 68.5 Å². The molecule has 1 unspecified atom stereocenters. The molecular weight excluding hydrogens is 970 g/mol. The monoisotopic (exact) mass is 999 g/mol. The summed E-state index contributed by atoms with van der Waals surface area (Å²) in [6.07, 6.45) is 1.03. The summed E-state index contributed by atoms with van der Waals surface area (Å²) in [6, 6.07) is 8.48. The predicted octanol–water partition coefficient (Wildman–Crippen LogP) is -0.597. The van der Waals surface area contributed by atoms with E-state index < -0.39 is 134 Å². The number of thioether (sulfide) groups is 1. The number of allylic oxidation sites excluding steroid dienone is 1. The van der Waals surface area contributed by atoms with Gasteiger partial charge in [0.25, 0.3) is 17.0 Å². The molecule has 0 spiro atoms. The largest absolute Gasteiger partial charge is 0.748 e. The lowest BCUT2D eigenvalue weighted by atomic mass is 10.2. The number of oxazole rings is 1. The van der Waals surface area contributed by atoms with E-state index in [2.05, 4.69) is 0 Å². The Labute approximate surface area is 374 Å². The van der Waals surface area contributed by atoms with Gasteiger partial charge in [0.2, 0.25) is 16.8 Å². The van der Waals surface area contributed by atoms with Crippen molar-refractivity contribution in [1.82, 2.24) is 18.6 Å². The number of hydrogen-bond acceptors (Lipinski definition) is 18. The maximum absolute atomic E-state index is 14.8. The number of carbonyl (C=O) groups excluding carboxylic acids is 1. The van der Waals surface area contributed by atoms with E-state index in [1.807, 2.05) is 0 Å². The molecule has 3 aliphatic rings. The zero-order valence-electron chi connectivity index (χ0n) is 32.5. The minimum Gasteiger partial charge on any atom is -0.748 e. The van der Waals surface area contributed by atoms with Crippen LogP contribution in [0.1, 0.15) is 24.9 Å². The highest BCUT2D eigenvalue weighted by atomic mass is 35.5. The lowest BCUT2D eigenvalue weighted by molar-refractivity contribution is -0.140. The number of anilines is 1. The number of halogens is 1. The van der Waals surface area contributed by atoms with Gasteiger partial charge in [0, 0.05) is 17.6 Å². The second-order valence-electron chi connectivity index (χ2n) is 14.3. The summed E-state index contributed by atoms with van der Waals surface area (Å²) in [7, 11) is -13.9. The normalized spacial score (nSPS) is 19.9. The topological polar surface area (TPSA) is 318 Å². The van der Waals surface area contributed by atoms with Gasteiger partial charge in [-0.2, -0.15) is 0 Å². The van der Waals surface area contributed by atoms with Crippen LogP contribution in [0.3, 0.4) is 0 Å². The molecule has 340 valence electrons. The quantitative estimate of drug-likeness (QED) is 0.132. The van der Waals surface area contributed by atoms with Crippen LogP contribution in [-0.2, 0) is 64.1 Å². The number of ether oxygens (including phenoxy) is 1. The van der Waals surface area contributed by atoms with Crippen LogP contribution in [0.25, 0.3) is 10.5 Å². The summed E-state index contributed by atoms with van der Waals surface area (Å²) in [5, 5.41) is 19.4. The third-order valence-corrected chi connectivity index (χ3v) is 15.0. The number of aromatic nitrogens is 3. The van der Waals surface area contributed by atoms with Crippen LogP contribution in [0.4, 0.5) is 5.69 Å². The minimum absolute atomic E-state index is 0.0251. The van der Waals surface area contributed by atoms with Crippen molar-refractivity contribution in [2.24, 2.45) is 0 Å². The first-order valence-corrected chi connectivity index (χ1v) is 24.7. The van der Waals surface area contributed by atoms with Gasteiger partial charge in [0.1, 0.15) is 37.8 Å². The summed E-state index contributed by atoms with van der Waals surface area (Å²) in [4.78, 5) is 68.0. The zero-order valence-corrected chi connectivity index (χ0v) is 37.4. The smallest absolute Gasteiger partial charge is 0.323 e. The molecule has 4 aromatic rings. The number of carbonyl (C=O) groups is 3. The summed E-state index contributed by atoms with van der Waals surface area (Å²) >= 11 is 11.9. The first-order valence-electron chi connectivity index (χ1n) is 18.3. The molecule has 2 aromatic heterocycles. The fraction of sp³-hybridized carbons (Fsp3) is 0.278. The Balaban J connectivity index is 1.59. The summed E-state index contributed by atoms with van der Waals surface area (Å²) in [5.74, 6) is -6.48. The van der Waals surface area contributed by atoms with Crippen LogP contribution in [0.15, 0.2) is 73.3 Å². The van der Waals surface area contributed by atoms with Crippen LogP contribution in [0, 0.1) is 10.9 Å². The molecule has 3 aliphatic heterocycles. The summed E-state index contributed by atoms with van der Waals surface area (Å²) in [5.41, 5.74) is -4.46. The Morgan fingerprint density at radius 3 is 2.31 bits per heavy atom. The number of benzene rings is 2. The fourth-order valence-electron chi connectivity index (χ4n) is 7.35. The molecule has 2 aromatic carbocycles. The molecule has 7 rings (SSSR count). The molecule has 5 heterocycles. The average molecular weight is 1000 g/mol. The maximum Gasteiger partial charge on any atom is 0.323 e. The van der Waals surface area contributed by atoms with E-state index in [1.54, 1.807) is 0 Å². The molecule has 64 heavy (non-hydrogen) atoms. The number of aliphatic carboxylic acids is 2. The van der Waals surface area contributed by atoms with E-state index in [1.165, 1.54) is 54.3 Å². The zero-order chi connectivity index (χ0) is 46.8. The number of nitrogens with zero attached hydrogens (tertiary/aromatic N) is 5. The van der Waals surface area contributed by atoms with Crippen molar-refractivity contribution < 1.29 is 68.1 Å². The summed E-state index contributed by atoms with van der Waals surface area (Å²) < 4.78 is 112. The highest BCUT2D eigenvalue weighted by molar-refractivity contribution is 8.30. The SMILES string of the molecule is CC(C=C1Oc2ccc(Cl)cc2N1Cc1ccccc1S(=O)(=O)[O-])=c1c(=O)n(C2CCS(=O)(=O)C2)/c(=c2\o/c(=C3/SC(=S)N(CC(=O)O)C3=O)n(CCS(=O)(=O)[O-])c2=O)n1CC(=O)O. The highest BCUT2D eigenvalue weighted by Gasteiger charge is 2.38. The summed E-state index contributed by atoms with van der Waals surface area (Å²) in [6.45, 7) is -2.01. The van der Waals surface area contributed by atoms with Gasteiger partial charge < -0.3 is 37.9 Å². The number of amides is 1. The number of rotatable bonds is 12. The standard InChI is InChI=1S/C36H32ClN5O17S5/c1-18(12-25-39(22-13-20(37)6-7-23(22)58-25)14-19-4-2-3-5-24(19)64(55,56)57)28-32(47)42(21-8-10-62(50,51)17-21)31(40(28)15-26(43)44)29-33(48)38(9-11-63(52,53)54)35(59-29)30-34(49)41(16-27(45)46)36(60)61-30/h2-7,12-13,21H,8-11,14-17H2,1H3,(H,43,44)(H,45,46)(H,52,53,54)(H,55,56,57)/p-2/b25-12?,28-18?,31-29-,35-30+. The Bertz CT molecular complexity index is 3470. The van der Waals surface area contributed by atoms with Gasteiger partial charge >= 0.3 is 11.9 Å². The lowest BCUT2D eigenvalue weighted by Crippen LogP contribution is -2.36.